The summed E-state index contributed by atoms with van der Waals surface area (Å²) in [6, 6.07) is 17.7. The number of nitrogens with zero attached hydrogens (tertiary/aromatic N) is 3. The van der Waals surface area contributed by atoms with Gasteiger partial charge in [0, 0.05) is 42.7 Å². The van der Waals surface area contributed by atoms with Gasteiger partial charge >= 0.3 is 0 Å². The van der Waals surface area contributed by atoms with Gasteiger partial charge in [-0.15, -0.1) is 0 Å². The predicted octanol–water partition coefficient (Wildman–Crippen LogP) is 4.17. The number of hydrogen-bond acceptors (Lipinski definition) is 4. The summed E-state index contributed by atoms with van der Waals surface area (Å²) in [5.41, 5.74) is 3.68. The number of benzene rings is 1. The number of pyridine rings is 2. The van der Waals surface area contributed by atoms with E-state index in [0.29, 0.717) is 12.1 Å². The van der Waals surface area contributed by atoms with E-state index in [-0.39, 0.29) is 11.8 Å². The third-order valence-electron chi connectivity index (χ3n) is 5.19. The molecule has 0 spiro atoms. The minimum absolute atomic E-state index is 0.0455. The molecule has 0 saturated carbocycles. The van der Waals surface area contributed by atoms with Gasteiger partial charge in [-0.3, -0.25) is 14.8 Å². The van der Waals surface area contributed by atoms with E-state index in [9.17, 15) is 4.79 Å². The first-order chi connectivity index (χ1) is 13.7. The van der Waals surface area contributed by atoms with E-state index in [2.05, 4.69) is 11.1 Å². The van der Waals surface area contributed by atoms with Gasteiger partial charge in [-0.2, -0.15) is 0 Å². The van der Waals surface area contributed by atoms with Crippen molar-refractivity contribution >= 4 is 5.91 Å². The monoisotopic (exact) mass is 373 g/mol. The molecule has 1 aliphatic heterocycles. The molecule has 1 unspecified atom stereocenters. The topological polar surface area (TPSA) is 55.3 Å². The molecule has 5 heteroatoms. The van der Waals surface area contributed by atoms with Crippen molar-refractivity contribution in [2.45, 2.75) is 18.8 Å². The van der Waals surface area contributed by atoms with Gasteiger partial charge in [-0.25, -0.2) is 0 Å². The largest absolute Gasteiger partial charge is 0.497 e. The number of aromatic nitrogens is 2. The zero-order chi connectivity index (χ0) is 19.3. The van der Waals surface area contributed by atoms with E-state index < -0.39 is 0 Å². The van der Waals surface area contributed by atoms with Crippen molar-refractivity contribution in [3.05, 3.63) is 78.2 Å². The zero-order valence-electron chi connectivity index (χ0n) is 15.9. The van der Waals surface area contributed by atoms with Crippen LogP contribution in [0.25, 0.3) is 11.3 Å². The first-order valence-electron chi connectivity index (χ1n) is 9.55. The molecule has 5 nitrogen and oxygen atoms in total. The first kappa shape index (κ1) is 18.2. The summed E-state index contributed by atoms with van der Waals surface area (Å²) in [6.45, 7) is 1.47. The average molecular weight is 373 g/mol. The molecule has 3 aromatic rings. The Morgan fingerprint density at radius 1 is 1.11 bits per heavy atom. The minimum Gasteiger partial charge on any atom is -0.497 e. The molecule has 2 aromatic heterocycles. The fourth-order valence-corrected chi connectivity index (χ4v) is 3.68. The fourth-order valence-electron chi connectivity index (χ4n) is 3.68. The lowest BCUT2D eigenvalue weighted by atomic mass is 9.93. The van der Waals surface area contributed by atoms with Gasteiger partial charge in [0.2, 0.25) is 0 Å². The van der Waals surface area contributed by atoms with Gasteiger partial charge in [0.1, 0.15) is 5.75 Å². The van der Waals surface area contributed by atoms with Crippen LogP contribution in [0.2, 0.25) is 0 Å². The Morgan fingerprint density at radius 3 is 2.71 bits per heavy atom. The molecule has 0 radical (unpaired) electrons. The van der Waals surface area contributed by atoms with E-state index >= 15 is 0 Å². The maximum absolute atomic E-state index is 12.8. The minimum atomic E-state index is 0.0455. The van der Waals surface area contributed by atoms with Crippen LogP contribution in [0.5, 0.6) is 5.75 Å². The van der Waals surface area contributed by atoms with E-state index in [1.807, 2.05) is 47.4 Å². The molecule has 0 N–H and O–H groups in total. The second kappa shape index (κ2) is 8.21. The van der Waals surface area contributed by atoms with E-state index in [0.717, 1.165) is 42.1 Å². The second-order valence-electron chi connectivity index (χ2n) is 7.01. The number of carbonyl (C=O) groups excluding carboxylic acids is 1. The van der Waals surface area contributed by atoms with Crippen molar-refractivity contribution in [3.8, 4) is 17.0 Å². The molecule has 1 fully saturated rings. The Hall–Kier alpha value is -3.21. The summed E-state index contributed by atoms with van der Waals surface area (Å²) in [5.74, 6) is 1.12. The van der Waals surface area contributed by atoms with Gasteiger partial charge in [-0.1, -0.05) is 6.07 Å². The van der Waals surface area contributed by atoms with Gasteiger partial charge in [0.05, 0.1) is 18.4 Å². The molecule has 28 heavy (non-hydrogen) atoms. The van der Waals surface area contributed by atoms with Gasteiger partial charge in [-0.05, 0) is 61.4 Å². The van der Waals surface area contributed by atoms with Crippen LogP contribution in [0, 0.1) is 0 Å². The Labute approximate surface area is 165 Å². The number of carbonyl (C=O) groups is 1. The quantitative estimate of drug-likeness (QED) is 0.689. The number of amides is 1. The van der Waals surface area contributed by atoms with Crippen LogP contribution in [0.4, 0.5) is 0 Å². The fraction of sp³-hybridized carbons (Fsp3) is 0.261. The van der Waals surface area contributed by atoms with Crippen LogP contribution >= 0.6 is 0 Å². The molecule has 1 amide bonds. The van der Waals surface area contributed by atoms with E-state index in [1.54, 1.807) is 25.6 Å². The van der Waals surface area contributed by atoms with Gasteiger partial charge < -0.3 is 9.64 Å². The third-order valence-corrected chi connectivity index (χ3v) is 5.19. The maximum atomic E-state index is 12.8. The van der Waals surface area contributed by atoms with E-state index in [1.165, 1.54) is 0 Å². The van der Waals surface area contributed by atoms with Gasteiger partial charge in [0.25, 0.3) is 5.91 Å². The summed E-state index contributed by atoms with van der Waals surface area (Å²) in [7, 11) is 1.66. The Bertz CT molecular complexity index is 942. The predicted molar refractivity (Wildman–Crippen MR) is 108 cm³/mol. The number of piperidine rings is 1. The molecule has 3 heterocycles. The SMILES string of the molecule is COc1ccc(-c2cccc(C3CCCN(C(=O)c4cccnc4)C3)n2)cc1. The molecule has 0 aliphatic carbocycles. The number of methoxy groups -OCH3 is 1. The highest BCUT2D eigenvalue weighted by Crippen LogP contribution is 2.29. The molecule has 1 aliphatic rings. The lowest BCUT2D eigenvalue weighted by molar-refractivity contribution is 0.0705. The van der Waals surface area contributed by atoms with Crippen LogP contribution in [0.15, 0.2) is 67.0 Å². The summed E-state index contributed by atoms with van der Waals surface area (Å²) >= 11 is 0. The summed E-state index contributed by atoms with van der Waals surface area (Å²) < 4.78 is 5.23. The number of hydrogen-bond donors (Lipinski definition) is 0. The Balaban J connectivity index is 1.53. The molecule has 1 atom stereocenters. The van der Waals surface area contributed by atoms with Crippen LogP contribution in [0.3, 0.4) is 0 Å². The number of likely N-dealkylation sites (tertiary alicyclic amines) is 1. The van der Waals surface area contributed by atoms with E-state index in [4.69, 9.17) is 9.72 Å². The standard InChI is InChI=1S/C23H23N3O2/c1-28-20-11-9-17(10-12-20)21-7-2-8-22(25-21)19-6-4-14-26(16-19)23(27)18-5-3-13-24-15-18/h2-3,5,7-13,15,19H,4,6,14,16H2,1H3. The molecular weight excluding hydrogens is 350 g/mol. The molecule has 4 rings (SSSR count). The molecule has 1 saturated heterocycles. The zero-order valence-corrected chi connectivity index (χ0v) is 15.9. The van der Waals surface area contributed by atoms with Crippen LogP contribution in [0.1, 0.15) is 34.8 Å². The average Bonchev–Trinajstić information content (AvgIpc) is 2.79. The number of rotatable bonds is 4. The van der Waals surface area contributed by atoms with Gasteiger partial charge in [0.15, 0.2) is 0 Å². The molecule has 0 bridgehead atoms. The van der Waals surface area contributed by atoms with Crippen LogP contribution in [-0.4, -0.2) is 41.0 Å². The summed E-state index contributed by atoms with van der Waals surface area (Å²) in [4.78, 5) is 23.7. The summed E-state index contributed by atoms with van der Waals surface area (Å²) in [6.07, 6.45) is 5.33. The maximum Gasteiger partial charge on any atom is 0.255 e. The lowest BCUT2D eigenvalue weighted by Crippen LogP contribution is -2.39. The highest BCUT2D eigenvalue weighted by Gasteiger charge is 2.26. The normalized spacial score (nSPS) is 16.6. The van der Waals surface area contributed by atoms with Crippen molar-refractivity contribution in [3.63, 3.8) is 0 Å². The first-order valence-corrected chi connectivity index (χ1v) is 9.55. The Kier molecular flexibility index (Phi) is 5.33. The van der Waals surface area contributed by atoms with Crippen molar-refractivity contribution in [1.82, 2.24) is 14.9 Å². The Morgan fingerprint density at radius 2 is 1.96 bits per heavy atom. The van der Waals surface area contributed by atoms with Crippen molar-refractivity contribution in [1.29, 1.82) is 0 Å². The highest BCUT2D eigenvalue weighted by atomic mass is 16.5. The highest BCUT2D eigenvalue weighted by molar-refractivity contribution is 5.94. The second-order valence-corrected chi connectivity index (χ2v) is 7.01. The molecule has 1 aromatic carbocycles. The lowest BCUT2D eigenvalue weighted by Gasteiger charge is -2.32. The molecular formula is C23H23N3O2. The molecule has 142 valence electrons. The van der Waals surface area contributed by atoms with Crippen molar-refractivity contribution in [2.75, 3.05) is 20.2 Å². The number of ether oxygens (including phenoxy) is 1. The summed E-state index contributed by atoms with van der Waals surface area (Å²) in [5, 5.41) is 0. The third kappa shape index (κ3) is 3.88. The van der Waals surface area contributed by atoms with Crippen LogP contribution in [-0.2, 0) is 0 Å². The smallest absolute Gasteiger partial charge is 0.255 e. The van der Waals surface area contributed by atoms with Crippen LogP contribution < -0.4 is 4.74 Å². The van der Waals surface area contributed by atoms with Crippen molar-refractivity contribution < 1.29 is 9.53 Å². The van der Waals surface area contributed by atoms with Crippen molar-refractivity contribution in [2.24, 2.45) is 0 Å².